The Morgan fingerprint density at radius 1 is 1.33 bits per heavy atom. The second-order valence-corrected chi connectivity index (χ2v) is 5.89. The number of anilines is 3. The van der Waals surface area contributed by atoms with Crippen molar-refractivity contribution in [2.24, 2.45) is 0 Å². The van der Waals surface area contributed by atoms with Gasteiger partial charge in [0.1, 0.15) is 5.82 Å². The molecular formula is C17H21ClN4O2. The van der Waals surface area contributed by atoms with E-state index < -0.39 is 5.97 Å². The van der Waals surface area contributed by atoms with Crippen molar-refractivity contribution in [1.82, 2.24) is 9.97 Å². The maximum atomic E-state index is 11.7. The topological polar surface area (TPSA) is 76.1 Å². The number of carbonyl (C=O) groups excluding carboxylic acids is 1. The number of carbonyl (C=O) groups is 1. The van der Waals surface area contributed by atoms with Gasteiger partial charge in [-0.15, -0.1) is 0 Å². The van der Waals surface area contributed by atoms with Crippen molar-refractivity contribution in [3.8, 4) is 0 Å². The zero-order valence-corrected chi connectivity index (χ0v) is 14.9. The summed E-state index contributed by atoms with van der Waals surface area (Å²) in [4.78, 5) is 20.5. The summed E-state index contributed by atoms with van der Waals surface area (Å²) in [6, 6.07) is 7.03. The fraction of sp³-hybridized carbons (Fsp3) is 0.353. The number of ether oxygens (including phenoxy) is 1. The minimum Gasteiger partial charge on any atom is -0.465 e. The third-order valence-electron chi connectivity index (χ3n) is 3.49. The van der Waals surface area contributed by atoms with Crippen molar-refractivity contribution in [3.05, 3.63) is 40.5 Å². The number of rotatable bonds is 6. The first-order valence-corrected chi connectivity index (χ1v) is 8.07. The first-order chi connectivity index (χ1) is 11.4. The molecule has 2 N–H and O–H groups in total. The van der Waals surface area contributed by atoms with Crippen LogP contribution < -0.4 is 10.6 Å². The Balaban J connectivity index is 2.29. The molecule has 1 unspecified atom stereocenters. The lowest BCUT2D eigenvalue weighted by Gasteiger charge is -2.14. The minimum atomic E-state index is -0.431. The van der Waals surface area contributed by atoms with Gasteiger partial charge in [0.25, 0.3) is 0 Å². The van der Waals surface area contributed by atoms with E-state index >= 15 is 0 Å². The largest absolute Gasteiger partial charge is 0.465 e. The molecule has 0 amide bonds. The number of nitrogens with one attached hydrogen (secondary N) is 2. The average Bonchev–Trinajstić information content (AvgIpc) is 2.55. The van der Waals surface area contributed by atoms with E-state index in [-0.39, 0.29) is 0 Å². The lowest BCUT2D eigenvalue weighted by Crippen LogP contribution is -2.15. The number of halogens is 1. The van der Waals surface area contributed by atoms with E-state index in [1.54, 1.807) is 18.2 Å². The molecule has 2 aromatic rings. The fourth-order valence-corrected chi connectivity index (χ4v) is 2.20. The second-order valence-electron chi connectivity index (χ2n) is 5.48. The summed E-state index contributed by atoms with van der Waals surface area (Å²) >= 11 is 6.19. The molecule has 0 aliphatic heterocycles. The van der Waals surface area contributed by atoms with Crippen molar-refractivity contribution in [1.29, 1.82) is 0 Å². The Morgan fingerprint density at radius 3 is 2.75 bits per heavy atom. The maximum absolute atomic E-state index is 11.7. The van der Waals surface area contributed by atoms with Crippen LogP contribution in [0.15, 0.2) is 24.3 Å². The van der Waals surface area contributed by atoms with E-state index in [1.165, 1.54) is 7.11 Å². The van der Waals surface area contributed by atoms with E-state index in [2.05, 4.69) is 34.4 Å². The summed E-state index contributed by atoms with van der Waals surface area (Å²) in [5, 5.41) is 6.84. The Bertz CT molecular complexity index is 737. The van der Waals surface area contributed by atoms with Gasteiger partial charge < -0.3 is 15.4 Å². The van der Waals surface area contributed by atoms with Crippen LogP contribution in [0.3, 0.4) is 0 Å². The molecular weight excluding hydrogens is 328 g/mol. The van der Waals surface area contributed by atoms with Gasteiger partial charge in [0, 0.05) is 17.8 Å². The number of methoxy groups -OCH3 is 1. The normalized spacial score (nSPS) is 11.7. The molecule has 0 aliphatic rings. The van der Waals surface area contributed by atoms with Crippen LogP contribution in [0, 0.1) is 6.92 Å². The molecule has 0 bridgehead atoms. The predicted octanol–water partition coefficient (Wildman–Crippen LogP) is 4.18. The Hall–Kier alpha value is -2.34. The summed E-state index contributed by atoms with van der Waals surface area (Å²) in [6.45, 7) is 6.07. The van der Waals surface area contributed by atoms with Crippen molar-refractivity contribution < 1.29 is 9.53 Å². The third-order valence-corrected chi connectivity index (χ3v) is 3.82. The van der Waals surface area contributed by atoms with E-state index in [0.717, 1.165) is 17.9 Å². The van der Waals surface area contributed by atoms with Gasteiger partial charge in [0.2, 0.25) is 5.95 Å². The monoisotopic (exact) mass is 348 g/mol. The van der Waals surface area contributed by atoms with Crippen LogP contribution in [0.4, 0.5) is 17.5 Å². The molecule has 0 saturated carbocycles. The number of aryl methyl sites for hydroxylation is 1. The van der Waals surface area contributed by atoms with Gasteiger partial charge in [-0.2, -0.15) is 4.98 Å². The van der Waals surface area contributed by atoms with Gasteiger partial charge >= 0.3 is 5.97 Å². The van der Waals surface area contributed by atoms with Crippen LogP contribution >= 0.6 is 11.6 Å². The van der Waals surface area contributed by atoms with Crippen LogP contribution in [0.2, 0.25) is 5.02 Å². The molecule has 24 heavy (non-hydrogen) atoms. The molecule has 1 aromatic heterocycles. The number of aromatic nitrogens is 2. The second kappa shape index (κ2) is 7.97. The van der Waals surface area contributed by atoms with Crippen molar-refractivity contribution in [2.75, 3.05) is 17.7 Å². The van der Waals surface area contributed by atoms with Gasteiger partial charge in [0.05, 0.1) is 23.4 Å². The first-order valence-electron chi connectivity index (χ1n) is 7.70. The van der Waals surface area contributed by atoms with Gasteiger partial charge in [0.15, 0.2) is 0 Å². The molecule has 2 rings (SSSR count). The summed E-state index contributed by atoms with van der Waals surface area (Å²) in [5.74, 6) is 0.711. The van der Waals surface area contributed by atoms with Gasteiger partial charge in [-0.3, -0.25) is 0 Å². The number of hydrogen-bond donors (Lipinski definition) is 2. The third kappa shape index (κ3) is 4.58. The Labute approximate surface area is 146 Å². The zero-order valence-electron chi connectivity index (χ0n) is 14.2. The highest BCUT2D eigenvalue weighted by atomic mass is 35.5. The highest BCUT2D eigenvalue weighted by Crippen LogP contribution is 2.26. The number of benzene rings is 1. The molecule has 0 radical (unpaired) electrons. The van der Waals surface area contributed by atoms with E-state index in [9.17, 15) is 4.79 Å². The van der Waals surface area contributed by atoms with Gasteiger partial charge in [-0.05, 0) is 38.5 Å². The van der Waals surface area contributed by atoms with Crippen LogP contribution in [0.1, 0.15) is 36.3 Å². The predicted molar refractivity (Wildman–Crippen MR) is 96.2 cm³/mol. The van der Waals surface area contributed by atoms with Gasteiger partial charge in [-0.25, -0.2) is 9.78 Å². The highest BCUT2D eigenvalue weighted by molar-refractivity contribution is 6.33. The maximum Gasteiger partial charge on any atom is 0.337 e. The summed E-state index contributed by atoms with van der Waals surface area (Å²) in [5.41, 5.74) is 1.76. The number of esters is 1. The number of hydrogen-bond acceptors (Lipinski definition) is 6. The van der Waals surface area contributed by atoms with Crippen LogP contribution in [-0.4, -0.2) is 29.1 Å². The molecule has 0 saturated heterocycles. The molecule has 0 fully saturated rings. The van der Waals surface area contributed by atoms with Crippen molar-refractivity contribution in [3.63, 3.8) is 0 Å². The van der Waals surface area contributed by atoms with Crippen LogP contribution in [0.25, 0.3) is 0 Å². The van der Waals surface area contributed by atoms with E-state index in [4.69, 9.17) is 16.3 Å². The first kappa shape index (κ1) is 18.0. The Kier molecular flexibility index (Phi) is 5.98. The van der Waals surface area contributed by atoms with E-state index in [1.807, 2.05) is 13.0 Å². The van der Waals surface area contributed by atoms with Crippen molar-refractivity contribution >= 4 is 35.0 Å². The van der Waals surface area contributed by atoms with Crippen LogP contribution in [-0.2, 0) is 4.74 Å². The average molecular weight is 349 g/mol. The quantitative estimate of drug-likeness (QED) is 0.763. The minimum absolute atomic E-state index is 0.304. The van der Waals surface area contributed by atoms with E-state index in [0.29, 0.717) is 28.3 Å². The molecule has 0 spiro atoms. The lowest BCUT2D eigenvalue weighted by atomic mass is 10.2. The molecule has 0 aliphatic carbocycles. The summed E-state index contributed by atoms with van der Waals surface area (Å²) in [7, 11) is 1.33. The summed E-state index contributed by atoms with van der Waals surface area (Å²) in [6.07, 6.45) is 0.985. The molecule has 6 nitrogen and oxygen atoms in total. The standard InChI is InChI=1S/C17H21ClN4O2/c1-5-10(2)19-15-8-11(3)20-17(22-15)21-14-9-12(16(23)24-4)6-7-13(14)18/h6-10H,5H2,1-4H3,(H2,19,20,21,22). The highest BCUT2D eigenvalue weighted by Gasteiger charge is 2.11. The van der Waals surface area contributed by atoms with Gasteiger partial charge in [-0.1, -0.05) is 18.5 Å². The van der Waals surface area contributed by atoms with Crippen LogP contribution in [0.5, 0.6) is 0 Å². The molecule has 1 aromatic carbocycles. The van der Waals surface area contributed by atoms with Crippen molar-refractivity contribution in [2.45, 2.75) is 33.2 Å². The molecule has 128 valence electrons. The zero-order chi connectivity index (χ0) is 17.7. The summed E-state index contributed by atoms with van der Waals surface area (Å²) < 4.78 is 4.72. The number of nitrogens with zero attached hydrogens (tertiary/aromatic N) is 2. The molecule has 1 atom stereocenters. The molecule has 7 heteroatoms. The SMILES string of the molecule is CCC(C)Nc1cc(C)nc(Nc2cc(C(=O)OC)ccc2Cl)n1. The smallest absolute Gasteiger partial charge is 0.337 e. The molecule has 1 heterocycles. The Morgan fingerprint density at radius 2 is 2.08 bits per heavy atom. The fourth-order valence-electron chi connectivity index (χ4n) is 2.04. The lowest BCUT2D eigenvalue weighted by molar-refractivity contribution is 0.0601.